The summed E-state index contributed by atoms with van der Waals surface area (Å²) in [4.78, 5) is 16.3. The molecule has 4 rings (SSSR count). The highest BCUT2D eigenvalue weighted by Crippen LogP contribution is 2.20. The first kappa shape index (κ1) is 14.0. The van der Waals surface area contributed by atoms with Crippen LogP contribution < -0.4 is 0 Å². The Hall–Kier alpha value is -2.62. The number of aromatic amines is 2. The Morgan fingerprint density at radius 3 is 2.35 bits per heavy atom. The molecule has 23 heavy (non-hydrogen) atoms. The van der Waals surface area contributed by atoms with E-state index >= 15 is 0 Å². The van der Waals surface area contributed by atoms with Crippen molar-refractivity contribution in [3.05, 3.63) is 59.2 Å². The molecule has 0 aliphatic carbocycles. The highest BCUT2D eigenvalue weighted by molar-refractivity contribution is 5.81. The molecule has 0 atom stereocenters. The van der Waals surface area contributed by atoms with Crippen LogP contribution in [0.25, 0.3) is 22.1 Å². The lowest BCUT2D eigenvalue weighted by Crippen LogP contribution is -1.93. The van der Waals surface area contributed by atoms with Crippen LogP contribution in [-0.4, -0.2) is 19.9 Å². The molecule has 0 bridgehead atoms. The van der Waals surface area contributed by atoms with Gasteiger partial charge in [0, 0.05) is 12.8 Å². The van der Waals surface area contributed by atoms with Crippen LogP contribution >= 0.6 is 0 Å². The van der Waals surface area contributed by atoms with E-state index in [4.69, 9.17) is 4.98 Å². The fourth-order valence-corrected chi connectivity index (χ4v) is 3.07. The summed E-state index contributed by atoms with van der Waals surface area (Å²) in [5.74, 6) is 2.11. The molecule has 4 nitrogen and oxygen atoms in total. The normalized spacial score (nSPS) is 11.6. The summed E-state index contributed by atoms with van der Waals surface area (Å²) >= 11 is 0. The lowest BCUT2D eigenvalue weighted by molar-refractivity contribution is 0.759. The minimum atomic E-state index is 0.934. The molecule has 2 N–H and O–H groups in total. The zero-order valence-corrected chi connectivity index (χ0v) is 13.5. The van der Waals surface area contributed by atoms with Crippen LogP contribution in [0.3, 0.4) is 0 Å². The molecule has 2 aromatic heterocycles. The molecule has 0 fully saturated rings. The van der Waals surface area contributed by atoms with Gasteiger partial charge < -0.3 is 9.97 Å². The predicted molar refractivity (Wildman–Crippen MR) is 93.7 cm³/mol. The molecular formula is C19H20N4. The Morgan fingerprint density at radius 2 is 1.57 bits per heavy atom. The number of aromatic nitrogens is 4. The minimum Gasteiger partial charge on any atom is -0.342 e. The van der Waals surface area contributed by atoms with Crippen molar-refractivity contribution in [2.75, 3.05) is 0 Å². The number of nitrogens with zero attached hydrogens (tertiary/aromatic N) is 2. The van der Waals surface area contributed by atoms with Crippen LogP contribution in [0.4, 0.5) is 0 Å². The van der Waals surface area contributed by atoms with Crippen LogP contribution in [0, 0.1) is 13.8 Å². The highest BCUT2D eigenvalue weighted by Gasteiger charge is 2.08. The quantitative estimate of drug-likeness (QED) is 0.592. The van der Waals surface area contributed by atoms with Crippen molar-refractivity contribution in [1.82, 2.24) is 19.9 Å². The number of nitrogens with one attached hydrogen (secondary N) is 2. The second-order valence-electron chi connectivity index (χ2n) is 6.16. The summed E-state index contributed by atoms with van der Waals surface area (Å²) in [6.45, 7) is 4.24. The summed E-state index contributed by atoms with van der Waals surface area (Å²) in [5.41, 5.74) is 6.90. The molecular weight excluding hydrogens is 284 g/mol. The van der Waals surface area contributed by atoms with Crippen molar-refractivity contribution < 1.29 is 0 Å². The maximum absolute atomic E-state index is 4.76. The van der Waals surface area contributed by atoms with Crippen molar-refractivity contribution in [2.45, 2.75) is 33.1 Å². The molecule has 2 heterocycles. The second kappa shape index (κ2) is 5.54. The number of para-hydroxylation sites is 2. The fraction of sp³-hybridized carbons (Fsp3) is 0.263. The van der Waals surface area contributed by atoms with Gasteiger partial charge in [0.15, 0.2) is 0 Å². The van der Waals surface area contributed by atoms with Crippen LogP contribution in [0.2, 0.25) is 0 Å². The monoisotopic (exact) mass is 304 g/mol. The topological polar surface area (TPSA) is 57.4 Å². The zero-order chi connectivity index (χ0) is 15.8. The molecule has 0 saturated heterocycles. The van der Waals surface area contributed by atoms with E-state index in [0.717, 1.165) is 47.5 Å². The van der Waals surface area contributed by atoms with Crippen LogP contribution in [0.5, 0.6) is 0 Å². The Balaban J connectivity index is 1.48. The molecule has 4 heteroatoms. The van der Waals surface area contributed by atoms with Gasteiger partial charge in [-0.05, 0) is 43.5 Å². The third kappa shape index (κ3) is 2.61. The van der Waals surface area contributed by atoms with E-state index in [9.17, 15) is 0 Å². The van der Waals surface area contributed by atoms with E-state index in [-0.39, 0.29) is 0 Å². The number of imidazole rings is 2. The lowest BCUT2D eigenvalue weighted by Gasteiger charge is -1.96. The van der Waals surface area contributed by atoms with Gasteiger partial charge >= 0.3 is 0 Å². The summed E-state index contributed by atoms with van der Waals surface area (Å²) < 4.78 is 0. The number of hydrogen-bond donors (Lipinski definition) is 2. The van der Waals surface area contributed by atoms with Gasteiger partial charge in [0.25, 0.3) is 0 Å². The van der Waals surface area contributed by atoms with E-state index in [1.165, 1.54) is 16.6 Å². The van der Waals surface area contributed by atoms with Crippen molar-refractivity contribution in [1.29, 1.82) is 0 Å². The van der Waals surface area contributed by atoms with Crippen molar-refractivity contribution in [3.63, 3.8) is 0 Å². The van der Waals surface area contributed by atoms with Gasteiger partial charge in [0.05, 0.1) is 22.1 Å². The molecule has 116 valence electrons. The van der Waals surface area contributed by atoms with Crippen LogP contribution in [-0.2, 0) is 12.8 Å². The molecule has 0 aliphatic heterocycles. The van der Waals surface area contributed by atoms with Crippen LogP contribution in [0.15, 0.2) is 36.4 Å². The average molecular weight is 304 g/mol. The third-order valence-corrected chi connectivity index (χ3v) is 4.37. The number of benzene rings is 2. The van der Waals surface area contributed by atoms with Crippen LogP contribution in [0.1, 0.15) is 29.2 Å². The zero-order valence-electron chi connectivity index (χ0n) is 13.5. The SMILES string of the molecule is Cc1ccc(C)c2[nH]c(CCCc3nc4ccccc4[nH]3)nc12. The molecule has 0 radical (unpaired) electrons. The molecule has 0 aliphatic rings. The number of rotatable bonds is 4. The van der Waals surface area contributed by atoms with Crippen molar-refractivity contribution in [3.8, 4) is 0 Å². The Kier molecular flexibility index (Phi) is 3.37. The summed E-state index contributed by atoms with van der Waals surface area (Å²) in [7, 11) is 0. The first-order chi connectivity index (χ1) is 11.2. The molecule has 0 spiro atoms. The van der Waals surface area contributed by atoms with E-state index in [2.05, 4.69) is 47.0 Å². The van der Waals surface area contributed by atoms with E-state index in [0.29, 0.717) is 0 Å². The fourth-order valence-electron chi connectivity index (χ4n) is 3.07. The Morgan fingerprint density at radius 1 is 0.826 bits per heavy atom. The van der Waals surface area contributed by atoms with Gasteiger partial charge in [-0.3, -0.25) is 0 Å². The smallest absolute Gasteiger partial charge is 0.107 e. The van der Waals surface area contributed by atoms with Gasteiger partial charge in [0.2, 0.25) is 0 Å². The molecule has 4 aromatic rings. The second-order valence-corrected chi connectivity index (χ2v) is 6.16. The summed E-state index contributed by atoms with van der Waals surface area (Å²) in [6, 6.07) is 12.4. The van der Waals surface area contributed by atoms with Crippen molar-refractivity contribution in [2.24, 2.45) is 0 Å². The number of aryl methyl sites for hydroxylation is 4. The van der Waals surface area contributed by atoms with E-state index in [1.54, 1.807) is 0 Å². The molecule has 2 aromatic carbocycles. The number of H-pyrrole nitrogens is 2. The average Bonchev–Trinajstić information content (AvgIpc) is 3.15. The van der Waals surface area contributed by atoms with E-state index < -0.39 is 0 Å². The van der Waals surface area contributed by atoms with Gasteiger partial charge in [-0.2, -0.15) is 0 Å². The first-order valence-corrected chi connectivity index (χ1v) is 8.09. The number of hydrogen-bond acceptors (Lipinski definition) is 2. The maximum atomic E-state index is 4.76. The molecule has 0 saturated carbocycles. The summed E-state index contributed by atoms with van der Waals surface area (Å²) in [6.07, 6.45) is 2.89. The van der Waals surface area contributed by atoms with Crippen molar-refractivity contribution >= 4 is 22.1 Å². The third-order valence-electron chi connectivity index (χ3n) is 4.37. The number of fused-ring (bicyclic) bond motifs is 2. The van der Waals surface area contributed by atoms with Gasteiger partial charge in [-0.25, -0.2) is 9.97 Å². The van der Waals surface area contributed by atoms with E-state index in [1.807, 2.05) is 18.2 Å². The Labute approximate surface area is 135 Å². The maximum Gasteiger partial charge on any atom is 0.107 e. The van der Waals surface area contributed by atoms with Gasteiger partial charge in [-0.1, -0.05) is 24.3 Å². The minimum absolute atomic E-state index is 0.934. The first-order valence-electron chi connectivity index (χ1n) is 8.09. The molecule has 0 amide bonds. The lowest BCUT2D eigenvalue weighted by atomic mass is 10.1. The summed E-state index contributed by atoms with van der Waals surface area (Å²) in [5, 5.41) is 0. The molecule has 0 unspecified atom stereocenters. The predicted octanol–water partition coefficient (Wildman–Crippen LogP) is 4.23. The van der Waals surface area contributed by atoms with Gasteiger partial charge in [0.1, 0.15) is 11.6 Å². The van der Waals surface area contributed by atoms with Gasteiger partial charge in [-0.15, -0.1) is 0 Å². The largest absolute Gasteiger partial charge is 0.342 e. The Bertz CT molecular complexity index is 906. The standard InChI is InChI=1S/C19H20N4/c1-12-10-11-13(2)19-18(12)22-17(23-19)9-5-8-16-20-14-6-3-4-7-15(14)21-16/h3-4,6-7,10-11H,5,8-9H2,1-2H3,(H,20,21)(H,22,23). The highest BCUT2D eigenvalue weighted by atomic mass is 14.9.